The van der Waals surface area contributed by atoms with E-state index in [1.165, 1.54) is 0 Å². The molecule has 1 heterocycles. The summed E-state index contributed by atoms with van der Waals surface area (Å²) in [4.78, 5) is 21.0. The third-order valence-corrected chi connectivity index (χ3v) is 2.02. The van der Waals surface area contributed by atoms with Crippen LogP contribution in [0.2, 0.25) is 0 Å². The predicted molar refractivity (Wildman–Crippen MR) is 48.7 cm³/mol. The summed E-state index contributed by atoms with van der Waals surface area (Å²) in [7, 11) is 1.76. The van der Waals surface area contributed by atoms with Gasteiger partial charge in [-0.3, -0.25) is 9.48 Å². The first-order valence-electron chi connectivity index (χ1n) is 4.27. The van der Waals surface area contributed by atoms with E-state index in [-0.39, 0.29) is 6.42 Å². The van der Waals surface area contributed by atoms with Crippen LogP contribution in [0.5, 0.6) is 0 Å². The second-order valence-corrected chi connectivity index (χ2v) is 3.14. The molecule has 0 aliphatic carbocycles. The van der Waals surface area contributed by atoms with Crippen molar-refractivity contribution >= 4 is 12.3 Å². The van der Waals surface area contributed by atoms with E-state index in [0.717, 1.165) is 5.69 Å². The Morgan fingerprint density at radius 2 is 2.50 bits per heavy atom. The summed E-state index contributed by atoms with van der Waals surface area (Å²) in [5.74, 6) is -1.42. The molecule has 5 heteroatoms. The number of aliphatic carboxylic acids is 1. The minimum absolute atomic E-state index is 0.130. The Balaban J connectivity index is 2.61. The molecular weight excluding hydrogens is 184 g/mol. The van der Waals surface area contributed by atoms with E-state index in [2.05, 4.69) is 5.10 Å². The summed E-state index contributed by atoms with van der Waals surface area (Å²) in [5, 5.41) is 12.5. The number of carboxylic acid groups (broad SMARTS) is 1. The van der Waals surface area contributed by atoms with Gasteiger partial charge in [0.2, 0.25) is 0 Å². The summed E-state index contributed by atoms with van der Waals surface area (Å²) in [6.45, 7) is 0. The Labute approximate surface area is 81.3 Å². The van der Waals surface area contributed by atoms with Crippen molar-refractivity contribution in [3.05, 3.63) is 18.0 Å². The van der Waals surface area contributed by atoms with Gasteiger partial charge in [-0.15, -0.1) is 0 Å². The number of aldehydes is 1. The average molecular weight is 196 g/mol. The minimum Gasteiger partial charge on any atom is -0.481 e. The molecule has 0 aromatic carbocycles. The first-order valence-corrected chi connectivity index (χ1v) is 4.27. The number of nitrogens with zero attached hydrogens (tertiary/aromatic N) is 2. The maximum Gasteiger partial charge on any atom is 0.304 e. The Kier molecular flexibility index (Phi) is 3.39. The van der Waals surface area contributed by atoms with E-state index in [0.29, 0.717) is 12.7 Å². The maximum absolute atomic E-state index is 10.6. The molecule has 76 valence electrons. The van der Waals surface area contributed by atoms with Crippen molar-refractivity contribution in [1.29, 1.82) is 0 Å². The molecule has 0 aliphatic rings. The number of aryl methyl sites for hydroxylation is 1. The largest absolute Gasteiger partial charge is 0.481 e. The molecule has 0 fully saturated rings. The van der Waals surface area contributed by atoms with Gasteiger partial charge in [0.25, 0.3) is 0 Å². The van der Waals surface area contributed by atoms with Crippen LogP contribution in [0.3, 0.4) is 0 Å². The lowest BCUT2D eigenvalue weighted by molar-refractivity contribution is -0.139. The number of carboxylic acids is 1. The van der Waals surface area contributed by atoms with E-state index in [9.17, 15) is 9.59 Å². The topological polar surface area (TPSA) is 72.2 Å². The van der Waals surface area contributed by atoms with Crippen LogP contribution in [-0.4, -0.2) is 27.1 Å². The molecule has 0 amide bonds. The molecule has 1 unspecified atom stereocenters. The third-order valence-electron chi connectivity index (χ3n) is 2.02. The number of rotatable bonds is 5. The molecule has 1 aromatic rings. The molecule has 1 aromatic heterocycles. The number of carbonyl (C=O) groups is 2. The van der Waals surface area contributed by atoms with E-state index in [1.54, 1.807) is 24.0 Å². The van der Waals surface area contributed by atoms with Gasteiger partial charge >= 0.3 is 5.97 Å². The summed E-state index contributed by atoms with van der Waals surface area (Å²) in [5.41, 5.74) is 0.864. The van der Waals surface area contributed by atoms with Gasteiger partial charge in [0.15, 0.2) is 0 Å². The summed E-state index contributed by atoms with van der Waals surface area (Å²) in [6, 6.07) is 1.78. The molecule has 0 aliphatic heterocycles. The van der Waals surface area contributed by atoms with Gasteiger partial charge in [-0.05, 0) is 12.5 Å². The zero-order chi connectivity index (χ0) is 10.6. The van der Waals surface area contributed by atoms with E-state index < -0.39 is 11.9 Å². The van der Waals surface area contributed by atoms with Gasteiger partial charge in [0, 0.05) is 24.9 Å². The van der Waals surface area contributed by atoms with Crippen LogP contribution in [0.15, 0.2) is 12.3 Å². The number of hydrogen-bond donors (Lipinski definition) is 1. The second kappa shape index (κ2) is 4.55. The van der Waals surface area contributed by atoms with Gasteiger partial charge in [-0.1, -0.05) is 0 Å². The zero-order valence-electron chi connectivity index (χ0n) is 7.88. The molecule has 0 saturated carbocycles. The normalized spacial score (nSPS) is 12.4. The molecule has 1 rings (SSSR count). The molecule has 5 nitrogen and oxygen atoms in total. The Morgan fingerprint density at radius 1 is 1.79 bits per heavy atom. The maximum atomic E-state index is 10.6. The fourth-order valence-corrected chi connectivity index (χ4v) is 1.26. The number of aromatic nitrogens is 2. The van der Waals surface area contributed by atoms with Gasteiger partial charge in [-0.25, -0.2) is 0 Å². The molecule has 1 N–H and O–H groups in total. The van der Waals surface area contributed by atoms with Crippen LogP contribution in [0.4, 0.5) is 0 Å². The first kappa shape index (κ1) is 10.4. The summed E-state index contributed by atoms with van der Waals surface area (Å²) in [6.07, 6.45) is 2.60. The van der Waals surface area contributed by atoms with E-state index in [4.69, 9.17) is 5.11 Å². The average Bonchev–Trinajstić information content (AvgIpc) is 2.50. The minimum atomic E-state index is -0.954. The summed E-state index contributed by atoms with van der Waals surface area (Å²) >= 11 is 0. The lowest BCUT2D eigenvalue weighted by Gasteiger charge is -2.06. The summed E-state index contributed by atoms with van der Waals surface area (Å²) < 4.78 is 1.64. The molecule has 1 atom stereocenters. The van der Waals surface area contributed by atoms with Gasteiger partial charge in [0.1, 0.15) is 6.29 Å². The number of carbonyl (C=O) groups excluding carboxylic acids is 1. The smallest absolute Gasteiger partial charge is 0.304 e. The molecule has 0 bridgehead atoms. The van der Waals surface area contributed by atoms with Crippen LogP contribution in [-0.2, 0) is 23.1 Å². The third kappa shape index (κ3) is 2.69. The first-order chi connectivity index (χ1) is 6.63. The molecule has 0 saturated heterocycles. The van der Waals surface area contributed by atoms with Crippen molar-refractivity contribution in [2.45, 2.75) is 12.8 Å². The quantitative estimate of drug-likeness (QED) is 0.685. The Hall–Kier alpha value is -1.65. The van der Waals surface area contributed by atoms with Crippen LogP contribution in [0.25, 0.3) is 0 Å². The fraction of sp³-hybridized carbons (Fsp3) is 0.444. The zero-order valence-corrected chi connectivity index (χ0v) is 7.88. The van der Waals surface area contributed by atoms with Crippen molar-refractivity contribution < 1.29 is 14.7 Å². The van der Waals surface area contributed by atoms with Gasteiger partial charge in [0.05, 0.1) is 6.42 Å². The Morgan fingerprint density at radius 3 is 2.93 bits per heavy atom. The highest BCUT2D eigenvalue weighted by molar-refractivity contribution is 5.71. The monoisotopic (exact) mass is 196 g/mol. The van der Waals surface area contributed by atoms with Crippen molar-refractivity contribution in [2.75, 3.05) is 0 Å². The van der Waals surface area contributed by atoms with Gasteiger partial charge < -0.3 is 9.90 Å². The van der Waals surface area contributed by atoms with Gasteiger partial charge in [-0.2, -0.15) is 5.10 Å². The lowest BCUT2D eigenvalue weighted by Crippen LogP contribution is -2.14. The highest BCUT2D eigenvalue weighted by atomic mass is 16.4. The highest BCUT2D eigenvalue weighted by Gasteiger charge is 2.14. The van der Waals surface area contributed by atoms with Crippen molar-refractivity contribution in [2.24, 2.45) is 13.0 Å². The predicted octanol–water partition coefficient (Wildman–Crippen LogP) is 0.252. The highest BCUT2D eigenvalue weighted by Crippen LogP contribution is 2.09. The molecule has 14 heavy (non-hydrogen) atoms. The molecule has 0 radical (unpaired) electrons. The fourth-order valence-electron chi connectivity index (χ4n) is 1.26. The van der Waals surface area contributed by atoms with Crippen molar-refractivity contribution in [1.82, 2.24) is 9.78 Å². The standard InChI is InChI=1S/C9H12N2O3/c1-11-8(2-3-10-11)4-7(6-12)5-9(13)14/h2-3,6-7H,4-5H2,1H3,(H,13,14). The van der Waals surface area contributed by atoms with Crippen LogP contribution in [0, 0.1) is 5.92 Å². The lowest BCUT2D eigenvalue weighted by atomic mass is 10.0. The van der Waals surface area contributed by atoms with Crippen LogP contribution >= 0.6 is 0 Å². The second-order valence-electron chi connectivity index (χ2n) is 3.14. The molecule has 0 spiro atoms. The Bertz CT molecular complexity index is 333. The number of hydrogen-bond acceptors (Lipinski definition) is 3. The molecular formula is C9H12N2O3. The van der Waals surface area contributed by atoms with Crippen molar-refractivity contribution in [3.8, 4) is 0 Å². The van der Waals surface area contributed by atoms with Crippen LogP contribution in [0.1, 0.15) is 12.1 Å². The van der Waals surface area contributed by atoms with E-state index >= 15 is 0 Å². The van der Waals surface area contributed by atoms with Crippen LogP contribution < -0.4 is 0 Å². The SMILES string of the molecule is Cn1nccc1CC(C=O)CC(=O)O. The van der Waals surface area contributed by atoms with E-state index in [1.807, 2.05) is 0 Å². The van der Waals surface area contributed by atoms with Crippen molar-refractivity contribution in [3.63, 3.8) is 0 Å².